The van der Waals surface area contributed by atoms with E-state index in [-0.39, 0.29) is 6.04 Å². The molecule has 2 rings (SSSR count). The Morgan fingerprint density at radius 2 is 2.00 bits per heavy atom. The number of hydrogen-bond acceptors (Lipinski definition) is 4. The van der Waals surface area contributed by atoms with E-state index in [0.717, 1.165) is 11.4 Å². The van der Waals surface area contributed by atoms with Gasteiger partial charge in [-0.25, -0.2) is 4.98 Å². The summed E-state index contributed by atoms with van der Waals surface area (Å²) in [6, 6.07) is 7.24. The van der Waals surface area contributed by atoms with Crippen molar-refractivity contribution in [3.8, 4) is 0 Å². The summed E-state index contributed by atoms with van der Waals surface area (Å²) in [4.78, 5) is 4.70. The molecule has 0 fully saturated rings. The Balaban J connectivity index is 1.90. The van der Waals surface area contributed by atoms with Crippen molar-refractivity contribution in [3.05, 3.63) is 42.0 Å². The molecule has 0 saturated heterocycles. The summed E-state index contributed by atoms with van der Waals surface area (Å²) < 4.78 is 26.1. The van der Waals surface area contributed by atoms with Crippen molar-refractivity contribution in [2.24, 2.45) is 7.05 Å². The van der Waals surface area contributed by atoms with Crippen molar-refractivity contribution in [3.63, 3.8) is 0 Å². The molecule has 0 spiro atoms. The molecular weight excluding hydrogens is 282 g/mol. The topological polar surface area (TPSA) is 42.7 Å². The highest BCUT2D eigenvalue weighted by Crippen LogP contribution is 2.26. The number of thioether (sulfide) groups is 1. The molecule has 0 aliphatic heterocycles. The summed E-state index contributed by atoms with van der Waals surface area (Å²) in [7, 11) is 1.82. The van der Waals surface area contributed by atoms with Crippen molar-refractivity contribution in [2.45, 2.75) is 30.2 Å². The Bertz CT molecular complexity index is 542. The number of rotatable bonds is 6. The molecule has 1 aromatic heterocycles. The summed E-state index contributed by atoms with van der Waals surface area (Å²) in [5, 5.41) is 7.47. The van der Waals surface area contributed by atoms with Crippen LogP contribution < -0.4 is 5.32 Å². The highest BCUT2D eigenvalue weighted by atomic mass is 32.2. The van der Waals surface area contributed by atoms with E-state index in [1.807, 2.05) is 26.1 Å². The van der Waals surface area contributed by atoms with Gasteiger partial charge in [0.05, 0.1) is 6.54 Å². The lowest BCUT2D eigenvalue weighted by molar-refractivity contribution is 0.252. The van der Waals surface area contributed by atoms with Gasteiger partial charge < -0.3 is 5.32 Å². The van der Waals surface area contributed by atoms with Crippen molar-refractivity contribution in [1.29, 1.82) is 0 Å². The average Bonchev–Trinajstić information content (AvgIpc) is 2.82. The second kappa shape index (κ2) is 6.81. The Morgan fingerprint density at radius 1 is 1.30 bits per heavy atom. The van der Waals surface area contributed by atoms with Crippen molar-refractivity contribution >= 4 is 11.8 Å². The van der Waals surface area contributed by atoms with Crippen molar-refractivity contribution in [2.75, 3.05) is 0 Å². The summed E-state index contributed by atoms with van der Waals surface area (Å²) in [6.07, 6.45) is 1.65. The molecule has 108 valence electrons. The Morgan fingerprint density at radius 3 is 2.55 bits per heavy atom. The molecule has 0 unspecified atom stereocenters. The van der Waals surface area contributed by atoms with E-state index in [0.29, 0.717) is 23.2 Å². The van der Waals surface area contributed by atoms with Gasteiger partial charge in [0, 0.05) is 18.0 Å². The zero-order valence-electron chi connectivity index (χ0n) is 11.3. The van der Waals surface area contributed by atoms with Gasteiger partial charge in [0.15, 0.2) is 5.82 Å². The van der Waals surface area contributed by atoms with E-state index >= 15 is 0 Å². The zero-order chi connectivity index (χ0) is 14.5. The number of nitrogens with one attached hydrogen (secondary N) is 1. The first-order valence-electron chi connectivity index (χ1n) is 6.17. The van der Waals surface area contributed by atoms with Crippen LogP contribution >= 0.6 is 11.8 Å². The van der Waals surface area contributed by atoms with Crippen LogP contribution in [0.1, 0.15) is 24.4 Å². The lowest BCUT2D eigenvalue weighted by Gasteiger charge is -2.13. The highest BCUT2D eigenvalue weighted by molar-refractivity contribution is 7.99. The molecule has 1 heterocycles. The molecule has 4 nitrogen and oxygen atoms in total. The van der Waals surface area contributed by atoms with Gasteiger partial charge in [0.1, 0.15) is 6.33 Å². The molecule has 1 N–H and O–H groups in total. The molecule has 0 aliphatic carbocycles. The molecule has 20 heavy (non-hydrogen) atoms. The number of benzene rings is 1. The fraction of sp³-hybridized carbons (Fsp3) is 0.385. The number of alkyl halides is 2. The molecule has 7 heteroatoms. The molecule has 0 amide bonds. The second-order valence-corrected chi connectivity index (χ2v) is 5.45. The van der Waals surface area contributed by atoms with Gasteiger partial charge >= 0.3 is 0 Å². The number of hydrogen-bond donors (Lipinski definition) is 1. The van der Waals surface area contributed by atoms with Crippen LogP contribution in [0.3, 0.4) is 0 Å². The van der Waals surface area contributed by atoms with Crippen molar-refractivity contribution in [1.82, 2.24) is 20.1 Å². The Hall–Kier alpha value is -1.47. The van der Waals surface area contributed by atoms with Gasteiger partial charge in [-0.05, 0) is 24.6 Å². The number of aromatic nitrogens is 3. The molecule has 1 aromatic carbocycles. The predicted octanol–water partition coefficient (Wildman–Crippen LogP) is 2.98. The molecule has 0 aliphatic rings. The van der Waals surface area contributed by atoms with Crippen LogP contribution in [0, 0.1) is 0 Å². The largest absolute Gasteiger partial charge is 0.303 e. The summed E-state index contributed by atoms with van der Waals surface area (Å²) >= 11 is 0.555. The number of halogens is 2. The van der Waals surface area contributed by atoms with Gasteiger partial charge in [-0.2, -0.15) is 13.9 Å². The van der Waals surface area contributed by atoms with Crippen LogP contribution in [0.5, 0.6) is 0 Å². The monoisotopic (exact) mass is 298 g/mol. The SMILES string of the molecule is C[C@H](NCc1ncn(C)n1)c1ccc(SC(F)F)cc1. The fourth-order valence-electron chi connectivity index (χ4n) is 1.77. The van der Waals surface area contributed by atoms with Gasteiger partial charge in [-0.1, -0.05) is 23.9 Å². The van der Waals surface area contributed by atoms with Gasteiger partial charge in [-0.15, -0.1) is 0 Å². The molecule has 0 saturated carbocycles. The fourth-order valence-corrected chi connectivity index (χ4v) is 2.26. The molecular formula is C13H16F2N4S. The first-order chi connectivity index (χ1) is 9.54. The first-order valence-corrected chi connectivity index (χ1v) is 7.05. The lowest BCUT2D eigenvalue weighted by Crippen LogP contribution is -2.19. The van der Waals surface area contributed by atoms with E-state index in [9.17, 15) is 8.78 Å². The second-order valence-electron chi connectivity index (χ2n) is 4.38. The van der Waals surface area contributed by atoms with Crippen LogP contribution in [0.2, 0.25) is 0 Å². The highest BCUT2D eigenvalue weighted by Gasteiger charge is 2.08. The molecule has 1 atom stereocenters. The Labute approximate surface area is 120 Å². The van der Waals surface area contributed by atoms with E-state index in [1.54, 1.807) is 23.1 Å². The smallest absolute Gasteiger partial charge is 0.288 e. The van der Waals surface area contributed by atoms with Crippen LogP contribution in [0.15, 0.2) is 35.5 Å². The zero-order valence-corrected chi connectivity index (χ0v) is 12.1. The Kier molecular flexibility index (Phi) is 5.08. The molecule has 2 aromatic rings. The normalized spacial score (nSPS) is 12.8. The predicted molar refractivity (Wildman–Crippen MR) is 74.6 cm³/mol. The van der Waals surface area contributed by atoms with Crippen LogP contribution in [-0.4, -0.2) is 20.5 Å². The van der Waals surface area contributed by atoms with Crippen molar-refractivity contribution < 1.29 is 8.78 Å². The minimum atomic E-state index is -2.38. The maximum absolute atomic E-state index is 12.2. The first kappa shape index (κ1) is 14.9. The van der Waals surface area contributed by atoms with Crippen LogP contribution in [0.4, 0.5) is 8.78 Å². The van der Waals surface area contributed by atoms with Gasteiger partial charge in [0.25, 0.3) is 5.76 Å². The third-order valence-corrected chi connectivity index (χ3v) is 3.54. The van der Waals surface area contributed by atoms with E-state index in [2.05, 4.69) is 15.4 Å². The molecule has 0 bridgehead atoms. The quantitative estimate of drug-likeness (QED) is 0.833. The minimum absolute atomic E-state index is 0.101. The summed E-state index contributed by atoms with van der Waals surface area (Å²) in [5.41, 5.74) is 1.04. The maximum atomic E-state index is 12.2. The minimum Gasteiger partial charge on any atom is -0.303 e. The number of aryl methyl sites for hydroxylation is 1. The van der Waals surface area contributed by atoms with E-state index < -0.39 is 5.76 Å². The summed E-state index contributed by atoms with van der Waals surface area (Å²) in [5.74, 6) is -1.66. The number of nitrogens with zero attached hydrogens (tertiary/aromatic N) is 3. The van der Waals surface area contributed by atoms with Crippen LogP contribution in [0.25, 0.3) is 0 Å². The third kappa shape index (κ3) is 4.28. The third-order valence-electron chi connectivity index (χ3n) is 2.82. The van der Waals surface area contributed by atoms with E-state index in [4.69, 9.17) is 0 Å². The summed E-state index contributed by atoms with van der Waals surface area (Å²) in [6.45, 7) is 2.58. The van der Waals surface area contributed by atoms with Crippen LogP contribution in [-0.2, 0) is 13.6 Å². The standard InChI is InChI=1S/C13H16F2N4S/c1-9(16-7-12-17-8-19(2)18-12)10-3-5-11(6-4-10)20-13(14)15/h3-6,8-9,13,16H,7H2,1-2H3/t9-/m0/s1. The van der Waals surface area contributed by atoms with Gasteiger partial charge in [0.2, 0.25) is 0 Å². The van der Waals surface area contributed by atoms with Gasteiger partial charge in [-0.3, -0.25) is 4.68 Å². The van der Waals surface area contributed by atoms with E-state index in [1.165, 1.54) is 0 Å². The lowest BCUT2D eigenvalue weighted by atomic mass is 10.1. The maximum Gasteiger partial charge on any atom is 0.288 e. The molecule has 0 radical (unpaired) electrons. The average molecular weight is 298 g/mol.